The van der Waals surface area contributed by atoms with Gasteiger partial charge in [-0.15, -0.1) is 0 Å². The van der Waals surface area contributed by atoms with E-state index in [0.717, 1.165) is 24.3 Å². The molecule has 0 saturated carbocycles. The summed E-state index contributed by atoms with van der Waals surface area (Å²) in [6.45, 7) is -0.210. The predicted octanol–water partition coefficient (Wildman–Crippen LogP) is 4.80. The van der Waals surface area contributed by atoms with Gasteiger partial charge in [-0.1, -0.05) is 12.1 Å². The van der Waals surface area contributed by atoms with Crippen molar-refractivity contribution in [3.8, 4) is 0 Å². The fourth-order valence-electron chi connectivity index (χ4n) is 2.68. The van der Waals surface area contributed by atoms with Gasteiger partial charge in [-0.3, -0.25) is 0 Å². The van der Waals surface area contributed by atoms with Gasteiger partial charge < -0.3 is 4.57 Å². The minimum absolute atomic E-state index is 0.210. The number of hydrogen-bond donors (Lipinski definition) is 0. The van der Waals surface area contributed by atoms with Crippen LogP contribution < -0.4 is 0 Å². The molecule has 29 heavy (non-hydrogen) atoms. The highest BCUT2D eigenvalue weighted by molar-refractivity contribution is 7.91. The molecule has 0 aliphatic carbocycles. The summed E-state index contributed by atoms with van der Waals surface area (Å²) >= 11 is 0. The third-order valence-electron chi connectivity index (χ3n) is 4.08. The lowest BCUT2D eigenvalue weighted by Gasteiger charge is -2.16. The van der Waals surface area contributed by atoms with Crippen molar-refractivity contribution in [2.75, 3.05) is 0 Å². The lowest BCUT2D eigenvalue weighted by molar-refractivity contribution is -0.138. The maximum absolute atomic E-state index is 13.5. The molecule has 0 radical (unpaired) electrons. The first kappa shape index (κ1) is 20.9. The average Bonchev–Trinajstić information content (AvgIpc) is 3.13. The first-order valence-corrected chi connectivity index (χ1v) is 9.45. The highest BCUT2D eigenvalue weighted by atomic mass is 32.2. The number of halogens is 6. The van der Waals surface area contributed by atoms with Gasteiger partial charge >= 0.3 is 12.4 Å². The summed E-state index contributed by atoms with van der Waals surface area (Å²) in [5.41, 5.74) is -2.62. The Balaban J connectivity index is 2.09. The van der Waals surface area contributed by atoms with Crippen LogP contribution in [0.25, 0.3) is 0 Å². The van der Waals surface area contributed by atoms with Crippen molar-refractivity contribution in [1.29, 1.82) is 0 Å². The molecule has 0 aliphatic rings. The van der Waals surface area contributed by atoms with Gasteiger partial charge in [-0.25, -0.2) is 13.4 Å². The van der Waals surface area contributed by atoms with Crippen molar-refractivity contribution in [3.63, 3.8) is 0 Å². The molecule has 0 saturated heterocycles. The Morgan fingerprint density at radius 3 is 2.17 bits per heavy atom. The largest absolute Gasteiger partial charge is 0.416 e. The van der Waals surface area contributed by atoms with E-state index in [1.54, 1.807) is 0 Å². The van der Waals surface area contributed by atoms with Crippen LogP contribution in [0, 0.1) is 0 Å². The fraction of sp³-hybridized carbons (Fsp3) is 0.167. The van der Waals surface area contributed by atoms with Gasteiger partial charge in [0, 0.05) is 18.9 Å². The van der Waals surface area contributed by atoms with E-state index in [1.807, 2.05) is 0 Å². The summed E-state index contributed by atoms with van der Waals surface area (Å²) < 4.78 is 106. The Hall–Kier alpha value is -2.82. The predicted molar refractivity (Wildman–Crippen MR) is 89.7 cm³/mol. The van der Waals surface area contributed by atoms with Gasteiger partial charge in [0.05, 0.1) is 27.2 Å². The van der Waals surface area contributed by atoms with E-state index in [9.17, 15) is 34.8 Å². The molecule has 3 rings (SSSR count). The van der Waals surface area contributed by atoms with Crippen LogP contribution in [0.1, 0.15) is 16.7 Å². The van der Waals surface area contributed by atoms with Crippen LogP contribution in [0.3, 0.4) is 0 Å². The molecule has 0 unspecified atom stereocenters. The molecule has 4 nitrogen and oxygen atoms in total. The second kappa shape index (κ2) is 7.21. The van der Waals surface area contributed by atoms with E-state index >= 15 is 0 Å². The third kappa shape index (κ3) is 4.44. The molecule has 0 fully saturated rings. The molecule has 2 aromatic carbocycles. The van der Waals surface area contributed by atoms with E-state index in [-0.39, 0.29) is 12.1 Å². The Morgan fingerprint density at radius 1 is 0.897 bits per heavy atom. The number of rotatable bonds is 4. The SMILES string of the molecule is O=S(=O)(c1cccc(C(F)(F)F)c1)c1ccc(Cn2ccnc2)c(C(F)(F)F)c1. The van der Waals surface area contributed by atoms with Crippen LogP contribution in [0.4, 0.5) is 26.3 Å². The highest BCUT2D eigenvalue weighted by Crippen LogP contribution is 2.36. The van der Waals surface area contributed by atoms with Crippen molar-refractivity contribution in [1.82, 2.24) is 9.55 Å². The second-order valence-electron chi connectivity index (χ2n) is 6.08. The number of alkyl halides is 6. The molecular formula is C18H12F6N2O2S. The van der Waals surface area contributed by atoms with E-state index in [1.165, 1.54) is 23.3 Å². The number of sulfone groups is 1. The molecule has 0 spiro atoms. The zero-order valence-corrected chi connectivity index (χ0v) is 15.2. The molecule has 0 N–H and O–H groups in total. The van der Waals surface area contributed by atoms with E-state index in [4.69, 9.17) is 0 Å². The Morgan fingerprint density at radius 2 is 1.59 bits per heavy atom. The minimum Gasteiger partial charge on any atom is -0.333 e. The van der Waals surface area contributed by atoms with E-state index in [0.29, 0.717) is 18.2 Å². The Kier molecular flexibility index (Phi) is 5.20. The summed E-state index contributed by atoms with van der Waals surface area (Å²) in [6, 6.07) is 5.21. The van der Waals surface area contributed by atoms with Crippen molar-refractivity contribution >= 4 is 9.84 Å². The van der Waals surface area contributed by atoms with Crippen molar-refractivity contribution in [3.05, 3.63) is 77.9 Å². The lowest BCUT2D eigenvalue weighted by Crippen LogP contribution is -2.14. The highest BCUT2D eigenvalue weighted by Gasteiger charge is 2.36. The second-order valence-corrected chi connectivity index (χ2v) is 8.03. The molecule has 1 heterocycles. The first-order valence-electron chi connectivity index (χ1n) is 7.97. The molecule has 0 aliphatic heterocycles. The lowest BCUT2D eigenvalue weighted by atomic mass is 10.1. The number of imidazole rings is 1. The molecule has 0 bridgehead atoms. The topological polar surface area (TPSA) is 52.0 Å². The zero-order chi connectivity index (χ0) is 21.4. The molecule has 1 aromatic heterocycles. The van der Waals surface area contributed by atoms with Crippen LogP contribution in [0.15, 0.2) is 71.0 Å². The number of hydrogen-bond acceptors (Lipinski definition) is 3. The van der Waals surface area contributed by atoms with Crippen LogP contribution in [0.5, 0.6) is 0 Å². The molecule has 154 valence electrons. The van der Waals surface area contributed by atoms with Gasteiger partial charge in [-0.05, 0) is 35.9 Å². The molecule has 0 amide bonds. The summed E-state index contributed by atoms with van der Waals surface area (Å²) in [5, 5.41) is 0. The summed E-state index contributed by atoms with van der Waals surface area (Å²) in [4.78, 5) is 2.23. The first-order chi connectivity index (χ1) is 13.4. The van der Waals surface area contributed by atoms with Crippen molar-refractivity contribution < 1.29 is 34.8 Å². The number of benzene rings is 2. The van der Waals surface area contributed by atoms with Gasteiger partial charge in [0.2, 0.25) is 9.84 Å². The monoisotopic (exact) mass is 434 g/mol. The summed E-state index contributed by atoms with van der Waals surface area (Å²) in [5.74, 6) is 0. The van der Waals surface area contributed by atoms with Crippen molar-refractivity contribution in [2.24, 2.45) is 0 Å². The van der Waals surface area contributed by atoms with Crippen LogP contribution in [0.2, 0.25) is 0 Å². The average molecular weight is 434 g/mol. The van der Waals surface area contributed by atoms with Crippen LogP contribution in [-0.4, -0.2) is 18.0 Å². The molecular weight excluding hydrogens is 422 g/mol. The van der Waals surface area contributed by atoms with Gasteiger partial charge in [-0.2, -0.15) is 26.3 Å². The van der Waals surface area contributed by atoms with Gasteiger partial charge in [0.15, 0.2) is 0 Å². The zero-order valence-electron chi connectivity index (χ0n) is 14.4. The molecule has 11 heteroatoms. The van der Waals surface area contributed by atoms with E-state index < -0.39 is 43.1 Å². The molecule has 0 atom stereocenters. The number of nitrogens with zero attached hydrogens (tertiary/aromatic N) is 2. The number of aromatic nitrogens is 2. The quantitative estimate of drug-likeness (QED) is 0.555. The Labute approximate surface area is 161 Å². The van der Waals surface area contributed by atoms with Crippen LogP contribution in [-0.2, 0) is 28.7 Å². The normalized spacial score (nSPS) is 12.9. The standard InChI is InChI=1S/C18H12F6N2O2S/c19-17(20,21)13-2-1-3-14(8-13)29(27,28)15-5-4-12(10-26-7-6-25-11-26)16(9-15)18(22,23)24/h1-9,11H,10H2. The van der Waals surface area contributed by atoms with Crippen molar-refractivity contribution in [2.45, 2.75) is 28.7 Å². The maximum atomic E-state index is 13.5. The fourth-order valence-corrected chi connectivity index (χ4v) is 4.01. The van der Waals surface area contributed by atoms with Crippen LogP contribution >= 0.6 is 0 Å². The minimum atomic E-state index is -4.87. The van der Waals surface area contributed by atoms with Gasteiger partial charge in [0.1, 0.15) is 0 Å². The smallest absolute Gasteiger partial charge is 0.333 e. The maximum Gasteiger partial charge on any atom is 0.416 e. The third-order valence-corrected chi connectivity index (χ3v) is 5.83. The summed E-state index contributed by atoms with van der Waals surface area (Å²) in [7, 11) is -4.60. The van der Waals surface area contributed by atoms with E-state index in [2.05, 4.69) is 4.98 Å². The Bertz CT molecular complexity index is 1120. The molecule has 3 aromatic rings. The van der Waals surface area contributed by atoms with Gasteiger partial charge in [0.25, 0.3) is 0 Å². The summed E-state index contributed by atoms with van der Waals surface area (Å²) in [6.07, 6.45) is -5.55.